The molecule has 2 aromatic rings. The van der Waals surface area contributed by atoms with Crippen LogP contribution in [-0.2, 0) is 6.54 Å². The molecule has 106 valence electrons. The molecule has 21 heavy (non-hydrogen) atoms. The first-order valence-corrected chi connectivity index (χ1v) is 6.06. The zero-order valence-electron chi connectivity index (χ0n) is 11.1. The Balaban J connectivity index is 2.31. The molecule has 0 spiro atoms. The van der Waals surface area contributed by atoms with Crippen molar-refractivity contribution in [3.63, 3.8) is 0 Å². The van der Waals surface area contributed by atoms with E-state index in [2.05, 4.69) is 22.0 Å². The number of halogens is 1. The summed E-state index contributed by atoms with van der Waals surface area (Å²) in [5, 5.41) is 17.6. The molecule has 6 nitrogen and oxygen atoms in total. The number of hydrogen-bond acceptors (Lipinski definition) is 5. The van der Waals surface area contributed by atoms with Crippen molar-refractivity contribution < 1.29 is 8.91 Å². The van der Waals surface area contributed by atoms with Gasteiger partial charge in [0.25, 0.3) is 0 Å². The van der Waals surface area contributed by atoms with Crippen LogP contribution in [0.2, 0.25) is 0 Å². The van der Waals surface area contributed by atoms with Crippen LogP contribution in [-0.4, -0.2) is 29.3 Å². The van der Waals surface area contributed by atoms with E-state index in [4.69, 9.17) is 9.78 Å². The van der Waals surface area contributed by atoms with Crippen molar-refractivity contribution in [3.8, 4) is 6.07 Å². The summed E-state index contributed by atoms with van der Waals surface area (Å²) in [7, 11) is 0. The van der Waals surface area contributed by atoms with Gasteiger partial charge in [-0.3, -0.25) is 0 Å². The van der Waals surface area contributed by atoms with E-state index < -0.39 is 0 Å². The number of hydrogen-bond donors (Lipinski definition) is 0. The van der Waals surface area contributed by atoms with Crippen LogP contribution in [0.5, 0.6) is 0 Å². The summed E-state index contributed by atoms with van der Waals surface area (Å²) in [6.07, 6.45) is 1.38. The standard InChI is InChI=1S/C14H12FN5O/c1-17-20(10-11-4-2-3-5-12(11)15)14(18-8-7-16)13-6-9-21-19-13/h2-6,9H,1,8,10H2/b18-14-. The van der Waals surface area contributed by atoms with Crippen LogP contribution in [0.1, 0.15) is 11.3 Å². The van der Waals surface area contributed by atoms with E-state index in [0.717, 1.165) is 0 Å². The Morgan fingerprint density at radius 2 is 2.24 bits per heavy atom. The van der Waals surface area contributed by atoms with E-state index in [9.17, 15) is 4.39 Å². The third-order valence-corrected chi connectivity index (χ3v) is 2.66. The van der Waals surface area contributed by atoms with Gasteiger partial charge in [-0.25, -0.2) is 14.4 Å². The van der Waals surface area contributed by atoms with Gasteiger partial charge in [-0.2, -0.15) is 10.4 Å². The molecule has 0 fully saturated rings. The van der Waals surface area contributed by atoms with Gasteiger partial charge < -0.3 is 4.52 Å². The molecule has 2 rings (SSSR count). The lowest BCUT2D eigenvalue weighted by atomic mass is 10.2. The first-order valence-electron chi connectivity index (χ1n) is 6.06. The number of aromatic nitrogens is 1. The molecule has 0 aliphatic rings. The largest absolute Gasteiger partial charge is 0.364 e. The van der Waals surface area contributed by atoms with Crippen molar-refractivity contribution in [2.75, 3.05) is 6.54 Å². The summed E-state index contributed by atoms with van der Waals surface area (Å²) < 4.78 is 18.5. The second-order valence-corrected chi connectivity index (χ2v) is 3.97. The fourth-order valence-corrected chi connectivity index (χ4v) is 1.71. The first-order chi connectivity index (χ1) is 10.3. The Morgan fingerprint density at radius 3 is 2.86 bits per heavy atom. The molecule has 7 heteroatoms. The van der Waals surface area contributed by atoms with Crippen LogP contribution in [0.4, 0.5) is 4.39 Å². The maximum atomic E-state index is 13.7. The van der Waals surface area contributed by atoms with E-state index >= 15 is 0 Å². The van der Waals surface area contributed by atoms with E-state index in [-0.39, 0.29) is 18.9 Å². The molecule has 0 saturated heterocycles. The Kier molecular flexibility index (Phi) is 4.77. The fourth-order valence-electron chi connectivity index (χ4n) is 1.71. The summed E-state index contributed by atoms with van der Waals surface area (Å²) in [5.74, 6) is -0.0607. The van der Waals surface area contributed by atoms with Crippen LogP contribution < -0.4 is 0 Å². The minimum Gasteiger partial charge on any atom is -0.364 e. The average molecular weight is 285 g/mol. The highest BCUT2D eigenvalue weighted by Gasteiger charge is 2.17. The molecular weight excluding hydrogens is 273 g/mol. The Hall–Kier alpha value is -3.01. The summed E-state index contributed by atoms with van der Waals surface area (Å²) in [6, 6.07) is 9.81. The van der Waals surface area contributed by atoms with Crippen molar-refractivity contribution in [2.24, 2.45) is 10.1 Å². The lowest BCUT2D eigenvalue weighted by Crippen LogP contribution is -2.27. The molecule has 0 atom stereocenters. The normalized spacial score (nSPS) is 11.0. The highest BCUT2D eigenvalue weighted by molar-refractivity contribution is 5.96. The minimum atomic E-state index is -0.356. The second-order valence-electron chi connectivity index (χ2n) is 3.97. The Morgan fingerprint density at radius 1 is 1.43 bits per heavy atom. The van der Waals surface area contributed by atoms with E-state index in [1.165, 1.54) is 17.3 Å². The fraction of sp³-hybridized carbons (Fsp3) is 0.143. The molecule has 0 saturated carbocycles. The van der Waals surface area contributed by atoms with Crippen molar-refractivity contribution in [2.45, 2.75) is 6.54 Å². The van der Waals surface area contributed by atoms with Gasteiger partial charge in [-0.1, -0.05) is 23.4 Å². The van der Waals surface area contributed by atoms with Gasteiger partial charge in [-0.05, 0) is 6.07 Å². The lowest BCUT2D eigenvalue weighted by molar-refractivity contribution is 0.404. The summed E-state index contributed by atoms with van der Waals surface area (Å²) >= 11 is 0. The topological polar surface area (TPSA) is 77.8 Å². The molecule has 0 aliphatic carbocycles. The van der Waals surface area contributed by atoms with E-state index in [1.54, 1.807) is 24.3 Å². The van der Waals surface area contributed by atoms with Crippen LogP contribution in [0.3, 0.4) is 0 Å². The molecule has 0 amide bonds. The molecule has 0 bridgehead atoms. The van der Waals surface area contributed by atoms with Crippen molar-refractivity contribution in [1.82, 2.24) is 10.2 Å². The number of nitrogens with zero attached hydrogens (tertiary/aromatic N) is 5. The predicted octanol–water partition coefficient (Wildman–Crippen LogP) is 2.20. The molecule has 0 radical (unpaired) electrons. The van der Waals surface area contributed by atoms with Crippen LogP contribution in [0.15, 0.2) is 51.2 Å². The molecule has 1 heterocycles. The SMILES string of the molecule is C=NN(Cc1ccccc1F)/C(=N\CC#N)c1ccon1. The molecule has 0 aliphatic heterocycles. The van der Waals surface area contributed by atoms with Gasteiger partial charge >= 0.3 is 0 Å². The highest BCUT2D eigenvalue weighted by atomic mass is 19.1. The van der Waals surface area contributed by atoms with Gasteiger partial charge in [-0.15, -0.1) is 0 Å². The van der Waals surface area contributed by atoms with Gasteiger partial charge in [0, 0.05) is 18.3 Å². The van der Waals surface area contributed by atoms with Gasteiger partial charge in [0.1, 0.15) is 18.6 Å². The maximum absolute atomic E-state index is 13.7. The van der Waals surface area contributed by atoms with Gasteiger partial charge in [0.05, 0.1) is 12.6 Å². The number of benzene rings is 1. The second kappa shape index (κ2) is 6.96. The number of amidine groups is 1. The molecule has 1 aromatic heterocycles. The van der Waals surface area contributed by atoms with Crippen molar-refractivity contribution in [3.05, 3.63) is 53.7 Å². The molecule has 1 aromatic carbocycles. The minimum absolute atomic E-state index is 0.0779. The number of aliphatic imine (C=N–C) groups is 1. The van der Waals surface area contributed by atoms with Crippen molar-refractivity contribution >= 4 is 12.6 Å². The zero-order chi connectivity index (χ0) is 15.1. The molecule has 0 unspecified atom stereocenters. The first kappa shape index (κ1) is 14.4. The Labute approximate surface area is 120 Å². The van der Waals surface area contributed by atoms with E-state index in [1.807, 2.05) is 6.07 Å². The number of nitriles is 1. The Bertz CT molecular complexity index is 675. The summed E-state index contributed by atoms with van der Waals surface area (Å²) in [5.41, 5.74) is 0.826. The van der Waals surface area contributed by atoms with E-state index in [0.29, 0.717) is 17.1 Å². The third-order valence-electron chi connectivity index (χ3n) is 2.66. The summed E-state index contributed by atoms with van der Waals surface area (Å²) in [4.78, 5) is 4.08. The predicted molar refractivity (Wildman–Crippen MR) is 75.0 cm³/mol. The lowest BCUT2D eigenvalue weighted by Gasteiger charge is -2.19. The number of rotatable bonds is 5. The van der Waals surface area contributed by atoms with Crippen LogP contribution >= 0.6 is 0 Å². The van der Waals surface area contributed by atoms with Gasteiger partial charge in [0.15, 0.2) is 11.5 Å². The van der Waals surface area contributed by atoms with Crippen molar-refractivity contribution in [1.29, 1.82) is 5.26 Å². The average Bonchev–Trinajstić information content (AvgIpc) is 3.02. The monoisotopic (exact) mass is 285 g/mol. The summed E-state index contributed by atoms with van der Waals surface area (Å²) in [6.45, 7) is 3.50. The zero-order valence-corrected chi connectivity index (χ0v) is 11.1. The van der Waals surface area contributed by atoms with Crippen LogP contribution in [0.25, 0.3) is 0 Å². The number of hydrazone groups is 1. The van der Waals surface area contributed by atoms with Gasteiger partial charge in [0.2, 0.25) is 0 Å². The highest BCUT2D eigenvalue weighted by Crippen LogP contribution is 2.13. The quantitative estimate of drug-likeness (QED) is 0.365. The molecular formula is C14H12FN5O. The molecule has 0 N–H and O–H groups in total. The van der Waals surface area contributed by atoms with Crippen LogP contribution in [0, 0.1) is 17.1 Å². The maximum Gasteiger partial charge on any atom is 0.175 e. The smallest absolute Gasteiger partial charge is 0.175 e. The third kappa shape index (κ3) is 3.51.